The fraction of sp³-hybridized carbons (Fsp3) is 0.417. The minimum Gasteiger partial charge on any atom is -0.362 e. The summed E-state index contributed by atoms with van der Waals surface area (Å²) in [6.45, 7) is 4.75. The molecule has 1 saturated heterocycles. The van der Waals surface area contributed by atoms with Crippen molar-refractivity contribution in [1.82, 2.24) is 4.98 Å². The van der Waals surface area contributed by atoms with E-state index in [1.165, 1.54) is 6.42 Å². The van der Waals surface area contributed by atoms with Crippen molar-refractivity contribution in [3.63, 3.8) is 0 Å². The first-order valence-electron chi connectivity index (χ1n) is 5.24. The van der Waals surface area contributed by atoms with Crippen LogP contribution >= 0.6 is 0 Å². The Labute approximate surface area is 90.4 Å². The maximum Gasteiger partial charge on any atom is 0.131 e. The number of hydrogen-bond acceptors (Lipinski definition) is 3. The summed E-state index contributed by atoms with van der Waals surface area (Å²) in [6, 6.07) is 5.98. The second kappa shape index (κ2) is 4.45. The summed E-state index contributed by atoms with van der Waals surface area (Å²) in [5, 5.41) is 0. The summed E-state index contributed by atoms with van der Waals surface area (Å²) in [6.07, 6.45) is 4.19. The van der Waals surface area contributed by atoms with E-state index in [4.69, 9.17) is 4.74 Å². The van der Waals surface area contributed by atoms with Crippen molar-refractivity contribution in [3.05, 3.63) is 30.5 Å². The van der Waals surface area contributed by atoms with Crippen molar-refractivity contribution < 1.29 is 4.74 Å². The Morgan fingerprint density at radius 1 is 1.60 bits per heavy atom. The van der Waals surface area contributed by atoms with E-state index in [0.29, 0.717) is 0 Å². The minimum atomic E-state index is 0.178. The fourth-order valence-electron chi connectivity index (χ4n) is 1.96. The maximum absolute atomic E-state index is 5.41. The first kappa shape index (κ1) is 10.2. The van der Waals surface area contributed by atoms with Crippen LogP contribution in [0.1, 0.15) is 18.5 Å². The van der Waals surface area contributed by atoms with Crippen LogP contribution in [-0.2, 0) is 4.74 Å². The third kappa shape index (κ3) is 2.02. The zero-order valence-corrected chi connectivity index (χ0v) is 9.02. The Morgan fingerprint density at radius 2 is 2.47 bits per heavy atom. The highest BCUT2D eigenvalue weighted by molar-refractivity contribution is 5.49. The lowest BCUT2D eigenvalue weighted by Gasteiger charge is -2.24. The van der Waals surface area contributed by atoms with Gasteiger partial charge in [-0.25, -0.2) is 4.98 Å². The average molecular weight is 204 g/mol. The van der Waals surface area contributed by atoms with Crippen LogP contribution in [0.25, 0.3) is 6.08 Å². The monoisotopic (exact) mass is 204 g/mol. The van der Waals surface area contributed by atoms with E-state index in [9.17, 15) is 0 Å². The Kier molecular flexibility index (Phi) is 3.02. The topological polar surface area (TPSA) is 25.4 Å². The maximum atomic E-state index is 5.41. The van der Waals surface area contributed by atoms with E-state index in [0.717, 1.165) is 24.5 Å². The second-order valence-corrected chi connectivity index (χ2v) is 3.65. The van der Waals surface area contributed by atoms with E-state index in [1.807, 2.05) is 18.2 Å². The first-order chi connectivity index (χ1) is 7.35. The third-order valence-corrected chi connectivity index (χ3v) is 2.73. The molecule has 2 heterocycles. The molecule has 1 aromatic rings. The molecule has 1 aliphatic rings. The van der Waals surface area contributed by atoms with Crippen LogP contribution in [0.15, 0.2) is 24.8 Å². The highest BCUT2D eigenvalue weighted by Gasteiger charge is 2.24. The predicted molar refractivity (Wildman–Crippen MR) is 61.7 cm³/mol. The Hall–Kier alpha value is -1.35. The molecule has 1 unspecified atom stereocenters. The normalized spacial score (nSPS) is 20.6. The minimum absolute atomic E-state index is 0.178. The smallest absolute Gasteiger partial charge is 0.131 e. The van der Waals surface area contributed by atoms with E-state index in [-0.39, 0.29) is 6.23 Å². The highest BCUT2D eigenvalue weighted by atomic mass is 16.5. The predicted octanol–water partition coefficient (Wildman–Crippen LogP) is 2.30. The summed E-state index contributed by atoms with van der Waals surface area (Å²) in [5.41, 5.74) is 0.911. The number of pyridine rings is 1. The van der Waals surface area contributed by atoms with Gasteiger partial charge in [-0.1, -0.05) is 12.6 Å². The Morgan fingerprint density at radius 3 is 3.20 bits per heavy atom. The zero-order valence-electron chi connectivity index (χ0n) is 9.02. The molecule has 0 N–H and O–H groups in total. The molecule has 0 aromatic carbocycles. The van der Waals surface area contributed by atoms with E-state index in [1.54, 1.807) is 13.2 Å². The first-order valence-corrected chi connectivity index (χ1v) is 5.24. The van der Waals surface area contributed by atoms with Gasteiger partial charge in [0.15, 0.2) is 0 Å². The third-order valence-electron chi connectivity index (χ3n) is 2.73. The van der Waals surface area contributed by atoms with Crippen molar-refractivity contribution in [2.45, 2.75) is 19.1 Å². The molecule has 1 aromatic heterocycles. The highest BCUT2D eigenvalue weighted by Crippen LogP contribution is 2.24. The van der Waals surface area contributed by atoms with Gasteiger partial charge in [-0.05, 0) is 31.1 Å². The Bertz CT molecular complexity index is 351. The molecular formula is C12H16N2O. The van der Waals surface area contributed by atoms with Gasteiger partial charge >= 0.3 is 0 Å². The van der Waals surface area contributed by atoms with Crippen molar-refractivity contribution in [3.8, 4) is 0 Å². The molecule has 0 radical (unpaired) electrons. The molecule has 2 rings (SSSR count). The molecule has 3 heteroatoms. The van der Waals surface area contributed by atoms with Gasteiger partial charge < -0.3 is 9.64 Å². The average Bonchev–Trinajstić information content (AvgIpc) is 2.77. The van der Waals surface area contributed by atoms with Crippen LogP contribution in [0.4, 0.5) is 5.82 Å². The second-order valence-electron chi connectivity index (χ2n) is 3.65. The zero-order chi connectivity index (χ0) is 10.7. The van der Waals surface area contributed by atoms with Crippen molar-refractivity contribution in [2.75, 3.05) is 18.6 Å². The molecule has 15 heavy (non-hydrogen) atoms. The van der Waals surface area contributed by atoms with E-state index in [2.05, 4.69) is 16.5 Å². The van der Waals surface area contributed by atoms with Crippen LogP contribution in [-0.4, -0.2) is 24.9 Å². The molecule has 0 aliphatic carbocycles. The van der Waals surface area contributed by atoms with Crippen LogP contribution in [0.2, 0.25) is 0 Å². The summed E-state index contributed by atoms with van der Waals surface area (Å²) in [5.74, 6) is 0.983. The number of rotatable bonds is 3. The SMILES string of the molecule is C=Cc1cccc(N2CCCC2OC)n1. The van der Waals surface area contributed by atoms with E-state index >= 15 is 0 Å². The number of methoxy groups -OCH3 is 1. The van der Waals surface area contributed by atoms with Gasteiger partial charge in [0.25, 0.3) is 0 Å². The largest absolute Gasteiger partial charge is 0.362 e. The standard InChI is InChI=1S/C12H16N2O/c1-3-10-6-4-7-11(13-10)14-9-5-8-12(14)15-2/h3-4,6-7,12H,1,5,8-9H2,2H3. The Balaban J connectivity index is 2.24. The number of aromatic nitrogens is 1. The van der Waals surface area contributed by atoms with Gasteiger partial charge in [0, 0.05) is 13.7 Å². The number of ether oxygens (including phenoxy) is 1. The summed E-state index contributed by atoms with van der Waals surface area (Å²) >= 11 is 0. The summed E-state index contributed by atoms with van der Waals surface area (Å²) < 4.78 is 5.41. The van der Waals surface area contributed by atoms with E-state index < -0.39 is 0 Å². The van der Waals surface area contributed by atoms with Crippen LogP contribution in [0.3, 0.4) is 0 Å². The lowest BCUT2D eigenvalue weighted by atomic mass is 10.3. The quantitative estimate of drug-likeness (QED) is 0.755. The van der Waals surface area contributed by atoms with Crippen molar-refractivity contribution in [1.29, 1.82) is 0 Å². The molecule has 1 atom stereocenters. The van der Waals surface area contributed by atoms with Gasteiger partial charge in [-0.15, -0.1) is 0 Å². The number of hydrogen-bond donors (Lipinski definition) is 0. The van der Waals surface area contributed by atoms with Gasteiger partial charge in [0.2, 0.25) is 0 Å². The van der Waals surface area contributed by atoms with Gasteiger partial charge in [0.1, 0.15) is 12.0 Å². The molecule has 0 bridgehead atoms. The lowest BCUT2D eigenvalue weighted by molar-refractivity contribution is 0.111. The molecule has 1 aliphatic heterocycles. The van der Waals surface area contributed by atoms with Gasteiger partial charge in [-0.2, -0.15) is 0 Å². The molecule has 0 saturated carbocycles. The van der Waals surface area contributed by atoms with Gasteiger partial charge in [-0.3, -0.25) is 0 Å². The summed E-state index contributed by atoms with van der Waals surface area (Å²) in [7, 11) is 1.75. The summed E-state index contributed by atoms with van der Waals surface area (Å²) in [4.78, 5) is 6.70. The van der Waals surface area contributed by atoms with Crippen molar-refractivity contribution >= 4 is 11.9 Å². The van der Waals surface area contributed by atoms with Crippen molar-refractivity contribution in [2.24, 2.45) is 0 Å². The van der Waals surface area contributed by atoms with Crippen LogP contribution in [0.5, 0.6) is 0 Å². The molecule has 1 fully saturated rings. The van der Waals surface area contributed by atoms with Crippen LogP contribution < -0.4 is 4.90 Å². The molecule has 3 nitrogen and oxygen atoms in total. The molecule has 0 spiro atoms. The molecular weight excluding hydrogens is 188 g/mol. The molecule has 0 amide bonds. The van der Waals surface area contributed by atoms with Gasteiger partial charge in [0.05, 0.1) is 5.69 Å². The molecule has 80 valence electrons. The van der Waals surface area contributed by atoms with Crippen LogP contribution in [0, 0.1) is 0 Å². The lowest BCUT2D eigenvalue weighted by Crippen LogP contribution is -2.31. The number of anilines is 1. The fourth-order valence-corrected chi connectivity index (χ4v) is 1.96. The number of nitrogens with zero attached hydrogens (tertiary/aromatic N) is 2.